The number of nitrogens with zero attached hydrogens (tertiary/aromatic N) is 4. The number of hydrogen-bond donors (Lipinski definition) is 1. The molecule has 0 saturated carbocycles. The molecule has 0 saturated heterocycles. The van der Waals surface area contributed by atoms with E-state index in [1.165, 1.54) is 10.1 Å². The van der Waals surface area contributed by atoms with Crippen LogP contribution in [0, 0.1) is 6.92 Å². The number of aryl methyl sites for hydroxylation is 1. The standard InChI is InChI=1S/C18H23N5O2/c1-3-4-5-10-19-16(24)15-17(25)23-12-11-22(18(23)21-20-15)14-8-6-13(2)7-9-14/h6-9H,3-5,10-12H2,1-2H3,(H,19,24). The van der Waals surface area contributed by atoms with Gasteiger partial charge in [-0.15, -0.1) is 10.2 Å². The Morgan fingerprint density at radius 3 is 2.64 bits per heavy atom. The maximum atomic E-state index is 12.6. The van der Waals surface area contributed by atoms with Crippen LogP contribution in [0.15, 0.2) is 29.1 Å². The van der Waals surface area contributed by atoms with Crippen LogP contribution in [0.4, 0.5) is 11.6 Å². The molecule has 0 bridgehead atoms. The van der Waals surface area contributed by atoms with Gasteiger partial charge < -0.3 is 10.2 Å². The maximum Gasteiger partial charge on any atom is 0.286 e. The molecule has 1 amide bonds. The Morgan fingerprint density at radius 2 is 1.92 bits per heavy atom. The first-order valence-corrected chi connectivity index (χ1v) is 8.71. The summed E-state index contributed by atoms with van der Waals surface area (Å²) in [5, 5.41) is 10.8. The van der Waals surface area contributed by atoms with Gasteiger partial charge in [-0.2, -0.15) is 0 Å². The molecule has 1 N–H and O–H groups in total. The van der Waals surface area contributed by atoms with Crippen LogP contribution in [0.1, 0.15) is 42.2 Å². The molecular formula is C18H23N5O2. The molecule has 2 aromatic rings. The van der Waals surface area contributed by atoms with Crippen LogP contribution < -0.4 is 15.8 Å². The van der Waals surface area contributed by atoms with Gasteiger partial charge in [-0.05, 0) is 25.5 Å². The fourth-order valence-electron chi connectivity index (χ4n) is 2.88. The molecule has 0 fully saturated rings. The second kappa shape index (κ2) is 7.46. The van der Waals surface area contributed by atoms with Crippen molar-refractivity contribution >= 4 is 17.5 Å². The zero-order chi connectivity index (χ0) is 17.8. The van der Waals surface area contributed by atoms with E-state index in [1.54, 1.807) is 0 Å². The second-order valence-electron chi connectivity index (χ2n) is 6.26. The first-order valence-electron chi connectivity index (χ1n) is 8.71. The van der Waals surface area contributed by atoms with Crippen LogP contribution >= 0.6 is 0 Å². The Balaban J connectivity index is 1.80. The van der Waals surface area contributed by atoms with Crippen LogP contribution in [0.25, 0.3) is 0 Å². The predicted octanol–water partition coefficient (Wildman–Crippen LogP) is 2.02. The topological polar surface area (TPSA) is 80.1 Å². The summed E-state index contributed by atoms with van der Waals surface area (Å²) in [7, 11) is 0. The number of carbonyl (C=O) groups excluding carboxylic acids is 1. The number of carbonyl (C=O) groups is 1. The summed E-state index contributed by atoms with van der Waals surface area (Å²) in [6.07, 6.45) is 3.01. The minimum absolute atomic E-state index is 0.133. The maximum absolute atomic E-state index is 12.6. The SMILES string of the molecule is CCCCCNC(=O)c1nnc2n(c1=O)CCN2c1ccc(C)cc1. The third-order valence-corrected chi connectivity index (χ3v) is 4.34. The third kappa shape index (κ3) is 3.55. The van der Waals surface area contributed by atoms with Gasteiger partial charge in [-0.3, -0.25) is 14.2 Å². The van der Waals surface area contributed by atoms with E-state index < -0.39 is 5.91 Å². The lowest BCUT2D eigenvalue weighted by atomic mass is 10.2. The Labute approximate surface area is 146 Å². The molecular weight excluding hydrogens is 318 g/mol. The number of rotatable bonds is 6. The van der Waals surface area contributed by atoms with E-state index in [0.717, 1.165) is 24.9 Å². The minimum Gasteiger partial charge on any atom is -0.350 e. The monoisotopic (exact) mass is 341 g/mol. The summed E-state index contributed by atoms with van der Waals surface area (Å²) in [6, 6.07) is 8.01. The highest BCUT2D eigenvalue weighted by molar-refractivity contribution is 5.91. The summed E-state index contributed by atoms with van der Waals surface area (Å²) >= 11 is 0. The van der Waals surface area contributed by atoms with Crippen LogP contribution in [0.2, 0.25) is 0 Å². The fourth-order valence-corrected chi connectivity index (χ4v) is 2.88. The van der Waals surface area contributed by atoms with E-state index in [2.05, 4.69) is 22.4 Å². The van der Waals surface area contributed by atoms with Crippen molar-refractivity contribution < 1.29 is 4.79 Å². The molecule has 0 unspecified atom stereocenters. The first kappa shape index (κ1) is 17.1. The lowest BCUT2D eigenvalue weighted by molar-refractivity contribution is 0.0944. The highest BCUT2D eigenvalue weighted by atomic mass is 16.2. The van der Waals surface area contributed by atoms with Gasteiger partial charge in [-0.25, -0.2) is 0 Å². The number of amides is 1. The van der Waals surface area contributed by atoms with Crippen LogP contribution in [-0.2, 0) is 6.54 Å². The van der Waals surface area contributed by atoms with Crippen molar-refractivity contribution in [3.63, 3.8) is 0 Å². The molecule has 1 aliphatic heterocycles. The fraction of sp³-hybridized carbons (Fsp3) is 0.444. The van der Waals surface area contributed by atoms with Crippen molar-refractivity contribution in [2.45, 2.75) is 39.7 Å². The molecule has 1 aromatic carbocycles. The molecule has 2 heterocycles. The molecule has 7 heteroatoms. The Bertz CT molecular complexity index is 813. The Kier molecular flexibility index (Phi) is 5.11. The number of hydrogen-bond acceptors (Lipinski definition) is 5. The molecule has 7 nitrogen and oxygen atoms in total. The quantitative estimate of drug-likeness (QED) is 0.813. The molecule has 3 rings (SSSR count). The van der Waals surface area contributed by atoms with E-state index in [9.17, 15) is 9.59 Å². The average Bonchev–Trinajstić information content (AvgIpc) is 3.04. The van der Waals surface area contributed by atoms with E-state index >= 15 is 0 Å². The van der Waals surface area contributed by atoms with Gasteiger partial charge in [0, 0.05) is 25.3 Å². The number of anilines is 2. The number of aromatic nitrogens is 3. The van der Waals surface area contributed by atoms with Crippen molar-refractivity contribution in [2.75, 3.05) is 18.0 Å². The zero-order valence-electron chi connectivity index (χ0n) is 14.7. The number of benzene rings is 1. The molecule has 1 aromatic heterocycles. The van der Waals surface area contributed by atoms with Gasteiger partial charge in [0.2, 0.25) is 11.6 Å². The van der Waals surface area contributed by atoms with E-state index in [1.807, 2.05) is 36.1 Å². The van der Waals surface area contributed by atoms with Crippen LogP contribution in [0.3, 0.4) is 0 Å². The van der Waals surface area contributed by atoms with E-state index in [0.29, 0.717) is 25.6 Å². The summed E-state index contributed by atoms with van der Waals surface area (Å²) < 4.78 is 1.52. The second-order valence-corrected chi connectivity index (χ2v) is 6.26. The Hall–Kier alpha value is -2.70. The molecule has 0 radical (unpaired) electrons. The highest BCUT2D eigenvalue weighted by Crippen LogP contribution is 2.26. The van der Waals surface area contributed by atoms with Crippen LogP contribution in [0.5, 0.6) is 0 Å². The largest absolute Gasteiger partial charge is 0.350 e. The summed E-state index contributed by atoms with van der Waals surface area (Å²) in [5.74, 6) is 0.0362. The van der Waals surface area contributed by atoms with Crippen molar-refractivity contribution in [2.24, 2.45) is 0 Å². The van der Waals surface area contributed by atoms with Gasteiger partial charge in [0.15, 0.2) is 0 Å². The van der Waals surface area contributed by atoms with Gasteiger partial charge in [-0.1, -0.05) is 37.5 Å². The van der Waals surface area contributed by atoms with E-state index in [4.69, 9.17) is 0 Å². The zero-order valence-corrected chi connectivity index (χ0v) is 14.7. The smallest absolute Gasteiger partial charge is 0.286 e. The molecule has 25 heavy (non-hydrogen) atoms. The molecule has 0 spiro atoms. The highest BCUT2D eigenvalue weighted by Gasteiger charge is 2.27. The summed E-state index contributed by atoms with van der Waals surface area (Å²) in [6.45, 7) is 5.80. The van der Waals surface area contributed by atoms with Gasteiger partial charge in [0.1, 0.15) is 0 Å². The predicted molar refractivity (Wildman–Crippen MR) is 96.3 cm³/mol. The normalized spacial score (nSPS) is 13.0. The average molecular weight is 341 g/mol. The third-order valence-electron chi connectivity index (χ3n) is 4.34. The van der Waals surface area contributed by atoms with Crippen molar-refractivity contribution in [1.82, 2.24) is 20.1 Å². The molecule has 0 atom stereocenters. The molecule has 0 aliphatic carbocycles. The first-order chi connectivity index (χ1) is 12.1. The van der Waals surface area contributed by atoms with E-state index in [-0.39, 0.29) is 11.3 Å². The van der Waals surface area contributed by atoms with Crippen molar-refractivity contribution in [1.29, 1.82) is 0 Å². The lowest BCUT2D eigenvalue weighted by Crippen LogP contribution is -2.35. The Morgan fingerprint density at radius 1 is 1.16 bits per heavy atom. The number of fused-ring (bicyclic) bond motifs is 1. The lowest BCUT2D eigenvalue weighted by Gasteiger charge is -2.16. The van der Waals surface area contributed by atoms with Gasteiger partial charge in [0.25, 0.3) is 11.5 Å². The van der Waals surface area contributed by atoms with Gasteiger partial charge in [0.05, 0.1) is 0 Å². The van der Waals surface area contributed by atoms with Crippen LogP contribution in [-0.4, -0.2) is 33.8 Å². The minimum atomic E-state index is -0.447. The van der Waals surface area contributed by atoms with Crippen molar-refractivity contribution in [3.8, 4) is 0 Å². The number of nitrogens with one attached hydrogen (secondary N) is 1. The molecule has 1 aliphatic rings. The van der Waals surface area contributed by atoms with Crippen molar-refractivity contribution in [3.05, 3.63) is 45.9 Å². The van der Waals surface area contributed by atoms with Gasteiger partial charge >= 0.3 is 0 Å². The summed E-state index contributed by atoms with van der Waals surface area (Å²) in [5.41, 5.74) is 1.61. The molecule has 132 valence electrons. The number of unbranched alkanes of at least 4 members (excludes halogenated alkanes) is 2. The summed E-state index contributed by atoms with van der Waals surface area (Å²) in [4.78, 5) is 26.7.